The van der Waals surface area contributed by atoms with Crippen LogP contribution in [0.5, 0.6) is 0 Å². The van der Waals surface area contributed by atoms with Crippen molar-refractivity contribution in [2.45, 2.75) is 50.6 Å². The average molecular weight is 476 g/mol. The molecule has 2 aromatic rings. The Morgan fingerprint density at radius 2 is 1.97 bits per heavy atom. The predicted octanol–water partition coefficient (Wildman–Crippen LogP) is -3.22. The van der Waals surface area contributed by atoms with E-state index in [1.165, 1.54) is 35.8 Å². The van der Waals surface area contributed by atoms with Crippen molar-refractivity contribution in [3.8, 4) is 0 Å². The second-order valence-corrected chi connectivity index (χ2v) is 8.86. The second kappa shape index (κ2) is 9.18. The van der Waals surface area contributed by atoms with Gasteiger partial charge in [-0.3, -0.25) is 13.5 Å². The SMILES string of the molecule is CC(C)[C@@H](O)[C@H](O)C(=O)NS(=O)(=O)OC[C@H]1O[C@@H](n2cnc3c(N)ncnc32)[C@H](O)[C@@H]1O. The molecule has 0 spiro atoms. The minimum atomic E-state index is -4.72. The largest absolute Gasteiger partial charge is 0.390 e. The van der Waals surface area contributed by atoms with Crippen LogP contribution in [-0.4, -0.2) is 91.4 Å². The van der Waals surface area contributed by atoms with E-state index >= 15 is 0 Å². The van der Waals surface area contributed by atoms with E-state index in [9.17, 15) is 33.6 Å². The molecule has 2 aromatic heterocycles. The molecule has 3 rings (SSSR count). The first-order chi connectivity index (χ1) is 14.9. The van der Waals surface area contributed by atoms with Crippen molar-refractivity contribution in [2.24, 2.45) is 5.92 Å². The van der Waals surface area contributed by atoms with Gasteiger partial charge in [0, 0.05) is 0 Å². The third-order valence-electron chi connectivity index (χ3n) is 4.89. The first-order valence-electron chi connectivity index (χ1n) is 9.44. The van der Waals surface area contributed by atoms with Gasteiger partial charge in [0.1, 0.15) is 30.2 Å². The summed E-state index contributed by atoms with van der Waals surface area (Å²) in [6, 6.07) is 0. The second-order valence-electron chi connectivity index (χ2n) is 7.51. The Labute approximate surface area is 182 Å². The van der Waals surface area contributed by atoms with Gasteiger partial charge in [-0.15, -0.1) is 0 Å². The molecule has 1 aliphatic heterocycles. The number of nitrogens with zero attached hydrogens (tertiary/aromatic N) is 4. The number of ether oxygens (including phenoxy) is 1. The standard InChI is InChI=1S/C16H24N6O9S/c1-6(2)9(23)11(25)15(27)21-32(28,29)30-3-7-10(24)12(26)16(31-7)22-5-20-8-13(17)18-4-19-14(8)22/h4-7,9-12,16,23-26H,3H2,1-2H3,(H,21,27)(H2,17,18,19)/t7-,9-,10-,11+,12-,16-/m1/s1. The maximum absolute atomic E-state index is 12.0. The summed E-state index contributed by atoms with van der Waals surface area (Å²) in [6.07, 6.45) is -6.64. The molecular formula is C16H24N6O9S. The van der Waals surface area contributed by atoms with Crippen LogP contribution in [0.25, 0.3) is 11.2 Å². The molecule has 178 valence electrons. The molecule has 0 bridgehead atoms. The molecule has 1 aliphatic rings. The molecule has 7 N–H and O–H groups in total. The zero-order valence-corrected chi connectivity index (χ0v) is 17.8. The Balaban J connectivity index is 1.65. The van der Waals surface area contributed by atoms with Crippen molar-refractivity contribution in [3.63, 3.8) is 0 Å². The van der Waals surface area contributed by atoms with Crippen LogP contribution in [0.2, 0.25) is 0 Å². The summed E-state index contributed by atoms with van der Waals surface area (Å²) >= 11 is 0. The fourth-order valence-electron chi connectivity index (χ4n) is 3.04. The van der Waals surface area contributed by atoms with Gasteiger partial charge < -0.3 is 30.9 Å². The maximum Gasteiger partial charge on any atom is 0.362 e. The number of rotatable bonds is 8. The normalized spacial score (nSPS) is 25.8. The number of nitrogens with two attached hydrogens (primary N) is 1. The van der Waals surface area contributed by atoms with Crippen LogP contribution in [0.15, 0.2) is 12.7 Å². The van der Waals surface area contributed by atoms with Gasteiger partial charge in [-0.05, 0) is 5.92 Å². The Hall–Kier alpha value is -2.47. The number of hydrogen-bond acceptors (Lipinski definition) is 13. The molecule has 16 heteroatoms. The summed E-state index contributed by atoms with van der Waals surface area (Å²) in [5, 5.41) is 40.0. The van der Waals surface area contributed by atoms with Crippen LogP contribution >= 0.6 is 0 Å². The summed E-state index contributed by atoms with van der Waals surface area (Å²) in [5.41, 5.74) is 6.17. The fourth-order valence-corrected chi connectivity index (χ4v) is 3.78. The van der Waals surface area contributed by atoms with Crippen LogP contribution in [0.4, 0.5) is 5.82 Å². The number of fused-ring (bicyclic) bond motifs is 1. The molecule has 1 saturated heterocycles. The van der Waals surface area contributed by atoms with Crippen LogP contribution < -0.4 is 10.5 Å². The van der Waals surface area contributed by atoms with Gasteiger partial charge in [0.2, 0.25) is 0 Å². The Morgan fingerprint density at radius 3 is 2.62 bits per heavy atom. The van der Waals surface area contributed by atoms with Gasteiger partial charge in [0.15, 0.2) is 23.8 Å². The van der Waals surface area contributed by atoms with E-state index in [1.807, 2.05) is 0 Å². The van der Waals surface area contributed by atoms with E-state index in [4.69, 9.17) is 10.5 Å². The highest BCUT2D eigenvalue weighted by Gasteiger charge is 2.45. The number of nitrogen functional groups attached to an aromatic ring is 1. The average Bonchev–Trinajstić information content (AvgIpc) is 3.27. The van der Waals surface area contributed by atoms with Crippen molar-refractivity contribution in [1.82, 2.24) is 24.2 Å². The molecule has 0 radical (unpaired) electrons. The van der Waals surface area contributed by atoms with Gasteiger partial charge in [-0.1, -0.05) is 13.8 Å². The highest BCUT2D eigenvalue weighted by atomic mass is 32.2. The van der Waals surface area contributed by atoms with E-state index in [-0.39, 0.29) is 17.0 Å². The fraction of sp³-hybridized carbons (Fsp3) is 0.625. The number of hydrogen-bond donors (Lipinski definition) is 6. The van der Waals surface area contributed by atoms with Gasteiger partial charge >= 0.3 is 10.3 Å². The first-order valence-corrected chi connectivity index (χ1v) is 10.9. The molecule has 0 unspecified atom stereocenters. The number of aliphatic hydroxyl groups excluding tert-OH is 4. The third kappa shape index (κ3) is 4.80. The number of anilines is 1. The lowest BCUT2D eigenvalue weighted by Crippen LogP contribution is -2.47. The summed E-state index contributed by atoms with van der Waals surface area (Å²) < 4.78 is 37.0. The van der Waals surface area contributed by atoms with Crippen LogP contribution in [0.3, 0.4) is 0 Å². The molecule has 3 heterocycles. The van der Waals surface area contributed by atoms with E-state index in [1.54, 1.807) is 0 Å². The molecule has 1 fully saturated rings. The van der Waals surface area contributed by atoms with Gasteiger partial charge in [0.25, 0.3) is 5.91 Å². The molecule has 1 amide bonds. The summed E-state index contributed by atoms with van der Waals surface area (Å²) in [6.45, 7) is 2.27. The number of amides is 1. The summed E-state index contributed by atoms with van der Waals surface area (Å²) in [7, 11) is -4.72. The Bertz CT molecular complexity index is 1080. The Morgan fingerprint density at radius 1 is 1.28 bits per heavy atom. The zero-order valence-electron chi connectivity index (χ0n) is 17.0. The lowest BCUT2D eigenvalue weighted by Gasteiger charge is -2.20. The molecule has 0 saturated carbocycles. The smallest absolute Gasteiger partial charge is 0.362 e. The third-order valence-corrected chi connectivity index (χ3v) is 5.78. The van der Waals surface area contributed by atoms with Crippen molar-refractivity contribution in [1.29, 1.82) is 0 Å². The molecule has 15 nitrogen and oxygen atoms in total. The van der Waals surface area contributed by atoms with E-state index in [0.29, 0.717) is 0 Å². The summed E-state index contributed by atoms with van der Waals surface area (Å²) in [4.78, 5) is 23.7. The van der Waals surface area contributed by atoms with E-state index in [2.05, 4.69) is 19.1 Å². The maximum atomic E-state index is 12.0. The van der Waals surface area contributed by atoms with Crippen molar-refractivity contribution in [2.75, 3.05) is 12.3 Å². The highest BCUT2D eigenvalue weighted by Crippen LogP contribution is 2.32. The number of aliphatic hydroxyl groups is 4. The number of carbonyl (C=O) groups is 1. The predicted molar refractivity (Wildman–Crippen MR) is 106 cm³/mol. The van der Waals surface area contributed by atoms with Crippen LogP contribution in [0.1, 0.15) is 20.1 Å². The van der Waals surface area contributed by atoms with Gasteiger partial charge in [-0.2, -0.15) is 8.42 Å². The van der Waals surface area contributed by atoms with E-state index in [0.717, 1.165) is 0 Å². The lowest BCUT2D eigenvalue weighted by atomic mass is 10.0. The number of nitrogens with one attached hydrogen (secondary N) is 1. The molecular weight excluding hydrogens is 452 g/mol. The van der Waals surface area contributed by atoms with Crippen molar-refractivity contribution < 1.29 is 42.6 Å². The number of imidazole rings is 1. The molecule has 0 aromatic carbocycles. The molecule has 32 heavy (non-hydrogen) atoms. The lowest BCUT2D eigenvalue weighted by molar-refractivity contribution is -0.135. The highest BCUT2D eigenvalue weighted by molar-refractivity contribution is 7.85. The van der Waals surface area contributed by atoms with Crippen LogP contribution in [0, 0.1) is 5.92 Å². The monoisotopic (exact) mass is 476 g/mol. The van der Waals surface area contributed by atoms with E-state index < -0.39 is 65.5 Å². The van der Waals surface area contributed by atoms with Gasteiger partial charge in [-0.25, -0.2) is 19.7 Å². The number of carbonyl (C=O) groups excluding carboxylic acids is 1. The molecule has 6 atom stereocenters. The summed E-state index contributed by atoms with van der Waals surface area (Å²) in [5.74, 6) is -1.81. The van der Waals surface area contributed by atoms with Crippen LogP contribution in [-0.2, 0) is 24.0 Å². The quantitative estimate of drug-likeness (QED) is 0.220. The van der Waals surface area contributed by atoms with Crippen molar-refractivity contribution in [3.05, 3.63) is 12.7 Å². The zero-order chi connectivity index (χ0) is 23.8. The Kier molecular flexibility index (Phi) is 6.94. The van der Waals surface area contributed by atoms with Gasteiger partial charge in [0.05, 0.1) is 19.0 Å². The minimum absolute atomic E-state index is 0.0910. The topological polar surface area (TPSA) is 232 Å². The first kappa shape index (κ1) is 24.2. The number of aromatic nitrogens is 4. The molecule has 0 aliphatic carbocycles. The minimum Gasteiger partial charge on any atom is -0.390 e. The van der Waals surface area contributed by atoms with Crippen molar-refractivity contribution >= 4 is 33.2 Å².